The van der Waals surface area contributed by atoms with Crippen LogP contribution in [0, 0.1) is 0 Å². The van der Waals surface area contributed by atoms with Crippen molar-refractivity contribution in [3.05, 3.63) is 16.0 Å². The summed E-state index contributed by atoms with van der Waals surface area (Å²) in [7, 11) is -3.38. The van der Waals surface area contributed by atoms with Crippen LogP contribution in [0.2, 0.25) is 0 Å². The zero-order valence-electron chi connectivity index (χ0n) is 10.2. The summed E-state index contributed by atoms with van der Waals surface area (Å²) in [5.41, 5.74) is 6.66. The number of nitrogens with one attached hydrogen (secondary N) is 1. The number of hydrogen-bond acceptors (Lipinski definition) is 4. The molecule has 1 aromatic heterocycles. The smallest absolute Gasteiger partial charge is 0.252 e. The molecule has 1 aromatic rings. The van der Waals surface area contributed by atoms with Gasteiger partial charge in [-0.05, 0) is 31.2 Å². The Hall–Kier alpha value is -1.08. The molecule has 2 rings (SSSR count). The van der Waals surface area contributed by atoms with Gasteiger partial charge >= 0.3 is 0 Å². The van der Waals surface area contributed by atoms with Gasteiger partial charge in [0, 0.05) is 4.88 Å². The van der Waals surface area contributed by atoms with Gasteiger partial charge in [0.05, 0.1) is 11.3 Å². The number of amides is 1. The van der Waals surface area contributed by atoms with Crippen molar-refractivity contribution >= 4 is 32.3 Å². The molecule has 1 aliphatic carbocycles. The standard InChI is InChI=1S/C11H16N2O3S2/c1-2-6-18(15,16)13-11-9(10(12)14)7-4-3-5-8(7)17-11/h13H,2-6H2,1H3,(H2,12,14). The van der Waals surface area contributed by atoms with Crippen LogP contribution in [0.1, 0.15) is 40.6 Å². The predicted octanol–water partition coefficient (Wildman–Crippen LogP) is 1.49. The van der Waals surface area contributed by atoms with Gasteiger partial charge in [0.1, 0.15) is 5.00 Å². The maximum Gasteiger partial charge on any atom is 0.252 e. The zero-order chi connectivity index (χ0) is 13.3. The third-order valence-corrected chi connectivity index (χ3v) is 5.69. The molecule has 0 aromatic carbocycles. The first-order valence-electron chi connectivity index (χ1n) is 5.89. The van der Waals surface area contributed by atoms with E-state index in [9.17, 15) is 13.2 Å². The van der Waals surface area contributed by atoms with Crippen LogP contribution in [0.5, 0.6) is 0 Å². The number of aryl methyl sites for hydroxylation is 1. The fourth-order valence-corrected chi connectivity index (χ4v) is 4.92. The van der Waals surface area contributed by atoms with Crippen molar-refractivity contribution in [1.82, 2.24) is 0 Å². The lowest BCUT2D eigenvalue weighted by atomic mass is 10.1. The van der Waals surface area contributed by atoms with Gasteiger partial charge in [-0.15, -0.1) is 11.3 Å². The molecule has 0 fully saturated rings. The minimum absolute atomic E-state index is 0.0494. The fraction of sp³-hybridized carbons (Fsp3) is 0.545. The number of carbonyl (C=O) groups is 1. The molecular weight excluding hydrogens is 272 g/mol. The Labute approximate surface area is 110 Å². The number of thiophene rings is 1. The molecular formula is C11H16N2O3S2. The molecule has 1 heterocycles. The number of fused-ring (bicyclic) bond motifs is 1. The number of anilines is 1. The molecule has 0 saturated carbocycles. The van der Waals surface area contributed by atoms with E-state index in [-0.39, 0.29) is 5.75 Å². The Morgan fingerprint density at radius 3 is 2.78 bits per heavy atom. The molecule has 100 valence electrons. The molecule has 0 radical (unpaired) electrons. The summed E-state index contributed by atoms with van der Waals surface area (Å²) in [6.07, 6.45) is 3.24. The zero-order valence-corrected chi connectivity index (χ0v) is 11.8. The SMILES string of the molecule is CCCS(=O)(=O)Nc1sc2c(c1C(N)=O)CCC2. The van der Waals surface area contributed by atoms with E-state index in [0.29, 0.717) is 17.0 Å². The average Bonchev–Trinajstić information content (AvgIpc) is 2.74. The van der Waals surface area contributed by atoms with Crippen LogP contribution >= 0.6 is 11.3 Å². The summed E-state index contributed by atoms with van der Waals surface area (Å²) in [5, 5.41) is 0.389. The van der Waals surface area contributed by atoms with Crippen molar-refractivity contribution < 1.29 is 13.2 Å². The second-order valence-electron chi connectivity index (χ2n) is 4.35. The average molecular weight is 288 g/mol. The van der Waals surface area contributed by atoms with Crippen LogP contribution in [0.15, 0.2) is 0 Å². The Morgan fingerprint density at radius 1 is 1.44 bits per heavy atom. The summed E-state index contributed by atoms with van der Waals surface area (Å²) in [6, 6.07) is 0. The summed E-state index contributed by atoms with van der Waals surface area (Å²) in [5.74, 6) is -0.503. The van der Waals surface area contributed by atoms with E-state index >= 15 is 0 Å². The van der Waals surface area contributed by atoms with Gasteiger partial charge in [-0.2, -0.15) is 0 Å². The molecule has 0 saturated heterocycles. The van der Waals surface area contributed by atoms with Crippen LogP contribution < -0.4 is 10.5 Å². The lowest BCUT2D eigenvalue weighted by Crippen LogP contribution is -2.19. The quantitative estimate of drug-likeness (QED) is 0.860. The number of carbonyl (C=O) groups excluding carboxylic acids is 1. The van der Waals surface area contributed by atoms with Crippen molar-refractivity contribution in [2.24, 2.45) is 5.73 Å². The molecule has 18 heavy (non-hydrogen) atoms. The largest absolute Gasteiger partial charge is 0.365 e. The number of rotatable bonds is 5. The molecule has 5 nitrogen and oxygen atoms in total. The van der Waals surface area contributed by atoms with Crippen molar-refractivity contribution in [2.75, 3.05) is 10.5 Å². The molecule has 0 bridgehead atoms. The lowest BCUT2D eigenvalue weighted by Gasteiger charge is -2.07. The van der Waals surface area contributed by atoms with Crippen molar-refractivity contribution in [3.63, 3.8) is 0 Å². The van der Waals surface area contributed by atoms with Crippen LogP contribution in [-0.2, 0) is 22.9 Å². The Morgan fingerprint density at radius 2 is 2.17 bits per heavy atom. The molecule has 0 unspecified atom stereocenters. The Bertz CT molecular complexity index is 575. The molecule has 1 aliphatic rings. The van der Waals surface area contributed by atoms with E-state index in [2.05, 4.69) is 4.72 Å². The van der Waals surface area contributed by atoms with Crippen LogP contribution in [0.4, 0.5) is 5.00 Å². The first-order chi connectivity index (χ1) is 8.44. The summed E-state index contributed by atoms with van der Waals surface area (Å²) >= 11 is 1.34. The van der Waals surface area contributed by atoms with E-state index in [0.717, 1.165) is 29.7 Å². The van der Waals surface area contributed by atoms with Gasteiger partial charge < -0.3 is 5.73 Å². The number of sulfonamides is 1. The van der Waals surface area contributed by atoms with Crippen molar-refractivity contribution in [1.29, 1.82) is 0 Å². The first kappa shape index (κ1) is 13.4. The van der Waals surface area contributed by atoms with E-state index in [4.69, 9.17) is 5.73 Å². The predicted molar refractivity (Wildman–Crippen MR) is 72.6 cm³/mol. The molecule has 1 amide bonds. The van der Waals surface area contributed by atoms with Crippen LogP contribution in [0.25, 0.3) is 0 Å². The number of nitrogens with two attached hydrogens (primary N) is 1. The van der Waals surface area contributed by atoms with E-state index < -0.39 is 15.9 Å². The maximum atomic E-state index is 11.7. The maximum absolute atomic E-state index is 11.7. The van der Waals surface area contributed by atoms with Crippen LogP contribution in [-0.4, -0.2) is 20.1 Å². The third-order valence-electron chi connectivity index (χ3n) is 2.89. The normalized spacial score (nSPS) is 14.5. The summed E-state index contributed by atoms with van der Waals surface area (Å²) in [6.45, 7) is 1.79. The van der Waals surface area contributed by atoms with Crippen LogP contribution in [0.3, 0.4) is 0 Å². The Balaban J connectivity index is 2.37. The number of hydrogen-bond donors (Lipinski definition) is 2. The minimum Gasteiger partial charge on any atom is -0.365 e. The Kier molecular flexibility index (Phi) is 3.63. The highest BCUT2D eigenvalue weighted by Crippen LogP contribution is 2.39. The summed E-state index contributed by atoms with van der Waals surface area (Å²) in [4.78, 5) is 12.6. The van der Waals surface area contributed by atoms with Crippen molar-refractivity contribution in [2.45, 2.75) is 32.6 Å². The van der Waals surface area contributed by atoms with E-state index in [1.165, 1.54) is 11.3 Å². The van der Waals surface area contributed by atoms with Crippen molar-refractivity contribution in [3.8, 4) is 0 Å². The topological polar surface area (TPSA) is 89.3 Å². The second kappa shape index (κ2) is 4.89. The van der Waals surface area contributed by atoms with E-state index in [1.54, 1.807) is 6.92 Å². The highest BCUT2D eigenvalue weighted by Gasteiger charge is 2.27. The highest BCUT2D eigenvalue weighted by atomic mass is 32.2. The first-order valence-corrected chi connectivity index (χ1v) is 8.36. The van der Waals surface area contributed by atoms with E-state index in [1.807, 2.05) is 0 Å². The monoisotopic (exact) mass is 288 g/mol. The van der Waals surface area contributed by atoms with Gasteiger partial charge in [-0.25, -0.2) is 8.42 Å². The molecule has 0 atom stereocenters. The third kappa shape index (κ3) is 2.51. The molecule has 3 N–H and O–H groups in total. The second-order valence-corrected chi connectivity index (χ2v) is 7.29. The summed E-state index contributed by atoms with van der Waals surface area (Å²) < 4.78 is 26.0. The highest BCUT2D eigenvalue weighted by molar-refractivity contribution is 7.92. The molecule has 0 aliphatic heterocycles. The number of primary amides is 1. The van der Waals surface area contributed by atoms with Gasteiger partial charge in [-0.1, -0.05) is 6.92 Å². The van der Waals surface area contributed by atoms with Gasteiger partial charge in [0.25, 0.3) is 5.91 Å². The van der Waals surface area contributed by atoms with Gasteiger partial charge in [-0.3, -0.25) is 9.52 Å². The lowest BCUT2D eigenvalue weighted by molar-refractivity contribution is 0.100. The van der Waals surface area contributed by atoms with Gasteiger partial charge in [0.2, 0.25) is 10.0 Å². The molecule has 7 heteroatoms. The molecule has 0 spiro atoms. The fourth-order valence-electron chi connectivity index (χ4n) is 2.20. The van der Waals surface area contributed by atoms with Gasteiger partial charge in [0.15, 0.2) is 0 Å². The minimum atomic E-state index is -3.38.